The van der Waals surface area contributed by atoms with E-state index in [1.165, 1.54) is 0 Å². The zero-order chi connectivity index (χ0) is 13.4. The number of carbonyl (C=O) groups is 1. The van der Waals surface area contributed by atoms with Gasteiger partial charge < -0.3 is 10.6 Å². The van der Waals surface area contributed by atoms with E-state index in [0.29, 0.717) is 12.1 Å². The zero-order valence-corrected chi connectivity index (χ0v) is 12.0. The van der Waals surface area contributed by atoms with E-state index in [0.717, 1.165) is 13.1 Å². The third-order valence-electron chi connectivity index (χ3n) is 3.87. The minimum atomic E-state index is -0.412. The van der Waals surface area contributed by atoms with Crippen molar-refractivity contribution in [1.82, 2.24) is 9.80 Å². The molecular weight excluding hydrogens is 214 g/mol. The Kier molecular flexibility index (Phi) is 4.20. The van der Waals surface area contributed by atoms with Gasteiger partial charge in [0.05, 0.1) is 6.04 Å². The second-order valence-corrected chi connectivity index (χ2v) is 6.45. The van der Waals surface area contributed by atoms with Crippen molar-refractivity contribution in [2.75, 3.05) is 20.1 Å². The summed E-state index contributed by atoms with van der Waals surface area (Å²) in [5.74, 6) is 0.0873. The number of carbonyl (C=O) groups excluding carboxylic acids is 1. The van der Waals surface area contributed by atoms with Gasteiger partial charge in [-0.15, -0.1) is 0 Å². The Labute approximate surface area is 105 Å². The summed E-state index contributed by atoms with van der Waals surface area (Å²) in [6, 6.07) is 0.384. The van der Waals surface area contributed by atoms with Crippen LogP contribution in [0.3, 0.4) is 0 Å². The number of rotatable bonds is 1. The van der Waals surface area contributed by atoms with Crippen molar-refractivity contribution in [3.8, 4) is 0 Å². The van der Waals surface area contributed by atoms with Crippen LogP contribution >= 0.6 is 0 Å². The fraction of sp³-hybridized carbons (Fsp3) is 0.923. The van der Waals surface area contributed by atoms with Crippen LogP contribution in [0.1, 0.15) is 34.6 Å². The molecule has 4 nitrogen and oxygen atoms in total. The van der Waals surface area contributed by atoms with Crippen molar-refractivity contribution in [2.45, 2.75) is 52.7 Å². The standard InChI is InChI=1S/C13H27N3O/c1-9-7-16(8-10(2)15(9)6)12(17)11(14)13(3,4)5/h9-11H,7-8,14H2,1-6H3. The van der Waals surface area contributed by atoms with Crippen LogP contribution < -0.4 is 5.73 Å². The van der Waals surface area contributed by atoms with Crippen LogP contribution in [0.25, 0.3) is 0 Å². The minimum absolute atomic E-state index is 0.0873. The number of likely N-dealkylation sites (N-methyl/N-ethyl adjacent to an activating group) is 1. The van der Waals surface area contributed by atoms with Crippen LogP contribution in [0.2, 0.25) is 0 Å². The van der Waals surface area contributed by atoms with Crippen LogP contribution in [-0.2, 0) is 4.79 Å². The van der Waals surface area contributed by atoms with Gasteiger partial charge in [-0.3, -0.25) is 9.69 Å². The molecule has 1 aliphatic rings. The largest absolute Gasteiger partial charge is 0.338 e. The van der Waals surface area contributed by atoms with Crippen molar-refractivity contribution >= 4 is 5.91 Å². The molecule has 0 saturated carbocycles. The summed E-state index contributed by atoms with van der Waals surface area (Å²) in [7, 11) is 2.11. The monoisotopic (exact) mass is 241 g/mol. The molecule has 0 aromatic carbocycles. The molecule has 1 amide bonds. The number of amides is 1. The summed E-state index contributed by atoms with van der Waals surface area (Å²) >= 11 is 0. The second kappa shape index (κ2) is 4.94. The number of hydrogen-bond donors (Lipinski definition) is 1. The van der Waals surface area contributed by atoms with Crippen LogP contribution in [0, 0.1) is 5.41 Å². The Hall–Kier alpha value is -0.610. The van der Waals surface area contributed by atoms with E-state index in [1.54, 1.807) is 0 Å². The molecular formula is C13H27N3O. The summed E-state index contributed by atoms with van der Waals surface area (Å²) in [6.45, 7) is 11.9. The molecule has 1 heterocycles. The zero-order valence-electron chi connectivity index (χ0n) is 12.0. The molecule has 3 atom stereocenters. The second-order valence-electron chi connectivity index (χ2n) is 6.45. The average Bonchev–Trinajstić information content (AvgIpc) is 2.21. The molecule has 0 aromatic rings. The number of nitrogens with zero attached hydrogens (tertiary/aromatic N) is 2. The number of nitrogens with two attached hydrogens (primary N) is 1. The molecule has 1 aliphatic heterocycles. The molecule has 0 spiro atoms. The first-order valence-electron chi connectivity index (χ1n) is 6.41. The lowest BCUT2D eigenvalue weighted by molar-refractivity contribution is -0.138. The van der Waals surface area contributed by atoms with Crippen molar-refractivity contribution in [3.63, 3.8) is 0 Å². The lowest BCUT2D eigenvalue weighted by atomic mass is 9.86. The van der Waals surface area contributed by atoms with Crippen LogP contribution in [0.5, 0.6) is 0 Å². The predicted octanol–water partition coefficient (Wildman–Crippen LogP) is 0.911. The normalized spacial score (nSPS) is 29.2. The fourth-order valence-electron chi connectivity index (χ4n) is 2.15. The Morgan fingerprint density at radius 3 is 2.00 bits per heavy atom. The van der Waals surface area contributed by atoms with Crippen LogP contribution in [0.15, 0.2) is 0 Å². The first-order valence-corrected chi connectivity index (χ1v) is 6.41. The summed E-state index contributed by atoms with van der Waals surface area (Å²) in [5.41, 5.74) is 5.87. The molecule has 0 radical (unpaired) electrons. The van der Waals surface area contributed by atoms with Crippen LogP contribution in [0.4, 0.5) is 0 Å². The van der Waals surface area contributed by atoms with Gasteiger partial charge in [0.25, 0.3) is 0 Å². The van der Waals surface area contributed by atoms with Gasteiger partial charge in [0.15, 0.2) is 0 Å². The maximum absolute atomic E-state index is 12.3. The van der Waals surface area contributed by atoms with E-state index in [-0.39, 0.29) is 11.3 Å². The van der Waals surface area contributed by atoms with Crippen molar-refractivity contribution < 1.29 is 4.79 Å². The van der Waals surface area contributed by atoms with Gasteiger partial charge in [-0.1, -0.05) is 20.8 Å². The quantitative estimate of drug-likeness (QED) is 0.742. The smallest absolute Gasteiger partial charge is 0.240 e. The van der Waals surface area contributed by atoms with Gasteiger partial charge in [-0.25, -0.2) is 0 Å². The molecule has 1 fully saturated rings. The van der Waals surface area contributed by atoms with Crippen LogP contribution in [-0.4, -0.2) is 54.0 Å². The molecule has 100 valence electrons. The molecule has 17 heavy (non-hydrogen) atoms. The number of hydrogen-bond acceptors (Lipinski definition) is 3. The minimum Gasteiger partial charge on any atom is -0.338 e. The molecule has 1 rings (SSSR count). The van der Waals surface area contributed by atoms with E-state index < -0.39 is 6.04 Å². The van der Waals surface area contributed by atoms with E-state index in [9.17, 15) is 4.79 Å². The Morgan fingerprint density at radius 1 is 1.24 bits per heavy atom. The first-order chi connectivity index (χ1) is 7.64. The average molecular weight is 241 g/mol. The molecule has 3 unspecified atom stereocenters. The van der Waals surface area contributed by atoms with E-state index >= 15 is 0 Å². The summed E-state index contributed by atoms with van der Waals surface area (Å²) < 4.78 is 0. The molecule has 0 aromatic heterocycles. The molecule has 0 aliphatic carbocycles. The predicted molar refractivity (Wildman–Crippen MR) is 70.7 cm³/mol. The maximum Gasteiger partial charge on any atom is 0.240 e. The highest BCUT2D eigenvalue weighted by Gasteiger charge is 2.35. The third-order valence-corrected chi connectivity index (χ3v) is 3.87. The molecule has 1 saturated heterocycles. The van der Waals surface area contributed by atoms with Crippen molar-refractivity contribution in [2.24, 2.45) is 11.1 Å². The topological polar surface area (TPSA) is 49.6 Å². The third kappa shape index (κ3) is 3.19. The summed E-state index contributed by atoms with van der Waals surface area (Å²) in [6.07, 6.45) is 0. The lowest BCUT2D eigenvalue weighted by Crippen LogP contribution is -2.60. The summed E-state index contributed by atoms with van der Waals surface area (Å²) in [5, 5.41) is 0. The van der Waals surface area contributed by atoms with Crippen molar-refractivity contribution in [1.29, 1.82) is 0 Å². The highest BCUT2D eigenvalue weighted by molar-refractivity contribution is 5.82. The summed E-state index contributed by atoms with van der Waals surface area (Å²) in [4.78, 5) is 16.6. The van der Waals surface area contributed by atoms with Gasteiger partial charge in [0.1, 0.15) is 0 Å². The number of piperazine rings is 1. The van der Waals surface area contributed by atoms with Gasteiger partial charge in [-0.2, -0.15) is 0 Å². The lowest BCUT2D eigenvalue weighted by Gasteiger charge is -2.44. The van der Waals surface area contributed by atoms with Gasteiger partial charge in [0, 0.05) is 25.2 Å². The molecule has 4 heteroatoms. The van der Waals surface area contributed by atoms with Gasteiger partial charge >= 0.3 is 0 Å². The van der Waals surface area contributed by atoms with Gasteiger partial charge in [0.2, 0.25) is 5.91 Å². The fourth-order valence-corrected chi connectivity index (χ4v) is 2.15. The first kappa shape index (κ1) is 14.5. The molecule has 2 N–H and O–H groups in total. The van der Waals surface area contributed by atoms with Gasteiger partial charge in [-0.05, 0) is 26.3 Å². The Bertz CT molecular complexity index is 273. The SMILES string of the molecule is CC1CN(C(=O)C(N)C(C)(C)C)CC(C)N1C. The van der Waals surface area contributed by atoms with E-state index in [4.69, 9.17) is 5.73 Å². The van der Waals surface area contributed by atoms with E-state index in [1.807, 2.05) is 25.7 Å². The van der Waals surface area contributed by atoms with Crippen molar-refractivity contribution in [3.05, 3.63) is 0 Å². The molecule has 0 bridgehead atoms. The maximum atomic E-state index is 12.3. The Morgan fingerprint density at radius 2 is 1.65 bits per heavy atom. The van der Waals surface area contributed by atoms with E-state index in [2.05, 4.69) is 25.8 Å². The Balaban J connectivity index is 2.72. The highest BCUT2D eigenvalue weighted by atomic mass is 16.2. The highest BCUT2D eigenvalue weighted by Crippen LogP contribution is 2.21.